The molecule has 0 bridgehead atoms. The number of benzene rings is 1. The molecule has 0 aliphatic heterocycles. The molecule has 2 N–H and O–H groups in total. The summed E-state index contributed by atoms with van der Waals surface area (Å²) >= 11 is 6.04. The number of hydrogen-bond acceptors (Lipinski definition) is 3. The topological polar surface area (TPSA) is 38.5 Å². The molecular formula is C12H17ClN2O. The Hall–Kier alpha value is -0.930. The van der Waals surface area contributed by atoms with E-state index in [0.29, 0.717) is 16.8 Å². The minimum absolute atomic E-state index is 0.286. The summed E-state index contributed by atoms with van der Waals surface area (Å²) in [5.41, 5.74) is 6.28. The number of nitrogens with zero attached hydrogens (tertiary/aromatic N) is 1. The second kappa shape index (κ2) is 4.52. The Morgan fingerprint density at radius 2 is 2.06 bits per heavy atom. The Labute approximate surface area is 101 Å². The monoisotopic (exact) mass is 240 g/mol. The molecule has 0 radical (unpaired) electrons. The minimum atomic E-state index is 0.286. The maximum atomic E-state index is 6.04. The van der Waals surface area contributed by atoms with E-state index >= 15 is 0 Å². The number of ether oxygens (including phenoxy) is 1. The van der Waals surface area contributed by atoms with E-state index < -0.39 is 0 Å². The second-order valence-electron chi connectivity index (χ2n) is 4.52. The average molecular weight is 241 g/mol. The van der Waals surface area contributed by atoms with Crippen LogP contribution in [0.3, 0.4) is 0 Å². The molecule has 3 nitrogen and oxygen atoms in total. The van der Waals surface area contributed by atoms with Crippen LogP contribution in [0.2, 0.25) is 5.02 Å². The van der Waals surface area contributed by atoms with Crippen molar-refractivity contribution < 1.29 is 4.74 Å². The van der Waals surface area contributed by atoms with Crippen molar-refractivity contribution in [2.45, 2.75) is 25.0 Å². The summed E-state index contributed by atoms with van der Waals surface area (Å²) in [6.45, 7) is 0. The van der Waals surface area contributed by atoms with E-state index in [1.165, 1.54) is 0 Å². The van der Waals surface area contributed by atoms with Crippen molar-refractivity contribution in [2.75, 3.05) is 19.8 Å². The average Bonchev–Trinajstić information content (AvgIpc) is 2.12. The minimum Gasteiger partial charge on any atom is -0.489 e. The zero-order valence-electron chi connectivity index (χ0n) is 9.61. The van der Waals surface area contributed by atoms with Crippen LogP contribution in [0.25, 0.3) is 0 Å². The predicted molar refractivity (Wildman–Crippen MR) is 67.0 cm³/mol. The fourth-order valence-corrected chi connectivity index (χ4v) is 2.08. The van der Waals surface area contributed by atoms with Gasteiger partial charge in [0.2, 0.25) is 0 Å². The van der Waals surface area contributed by atoms with Crippen molar-refractivity contribution in [3.8, 4) is 5.75 Å². The first kappa shape index (κ1) is 11.6. The second-order valence-corrected chi connectivity index (χ2v) is 4.93. The van der Waals surface area contributed by atoms with Crippen molar-refractivity contribution in [1.29, 1.82) is 0 Å². The van der Waals surface area contributed by atoms with E-state index in [2.05, 4.69) is 19.0 Å². The van der Waals surface area contributed by atoms with E-state index in [1.807, 2.05) is 12.1 Å². The first-order chi connectivity index (χ1) is 7.56. The lowest BCUT2D eigenvalue weighted by Crippen LogP contribution is -2.46. The van der Waals surface area contributed by atoms with Crippen LogP contribution < -0.4 is 10.5 Å². The SMILES string of the molecule is CN(C)C1CC(Oc2ccc(N)cc2Cl)C1. The highest BCUT2D eigenvalue weighted by atomic mass is 35.5. The number of nitrogens with two attached hydrogens (primary N) is 1. The molecule has 0 saturated heterocycles. The highest BCUT2D eigenvalue weighted by Crippen LogP contribution is 2.33. The van der Waals surface area contributed by atoms with Crippen LogP contribution in [-0.2, 0) is 0 Å². The van der Waals surface area contributed by atoms with Crippen molar-refractivity contribution in [3.63, 3.8) is 0 Å². The van der Waals surface area contributed by atoms with Crippen molar-refractivity contribution >= 4 is 17.3 Å². The molecule has 0 atom stereocenters. The molecule has 0 unspecified atom stereocenters. The maximum Gasteiger partial charge on any atom is 0.138 e. The highest BCUT2D eigenvalue weighted by molar-refractivity contribution is 6.32. The Morgan fingerprint density at radius 1 is 1.38 bits per heavy atom. The maximum absolute atomic E-state index is 6.04. The molecule has 1 saturated carbocycles. The molecule has 1 aliphatic carbocycles. The Balaban J connectivity index is 1.91. The first-order valence-electron chi connectivity index (χ1n) is 5.44. The number of hydrogen-bond donors (Lipinski definition) is 1. The fraction of sp³-hybridized carbons (Fsp3) is 0.500. The van der Waals surface area contributed by atoms with Crippen LogP contribution in [-0.4, -0.2) is 31.1 Å². The molecule has 0 aromatic heterocycles. The van der Waals surface area contributed by atoms with Gasteiger partial charge in [-0.05, 0) is 45.1 Å². The molecule has 1 fully saturated rings. The van der Waals surface area contributed by atoms with Gasteiger partial charge in [-0.1, -0.05) is 11.6 Å². The Bertz CT molecular complexity index is 375. The molecule has 0 heterocycles. The van der Waals surface area contributed by atoms with Gasteiger partial charge in [0, 0.05) is 11.7 Å². The van der Waals surface area contributed by atoms with Gasteiger partial charge >= 0.3 is 0 Å². The van der Waals surface area contributed by atoms with E-state index in [-0.39, 0.29) is 6.10 Å². The number of anilines is 1. The lowest BCUT2D eigenvalue weighted by atomic mass is 9.88. The fourth-order valence-electron chi connectivity index (χ4n) is 1.85. The van der Waals surface area contributed by atoms with Gasteiger partial charge < -0.3 is 15.4 Å². The van der Waals surface area contributed by atoms with E-state index in [9.17, 15) is 0 Å². The zero-order chi connectivity index (χ0) is 11.7. The molecule has 0 spiro atoms. The number of halogens is 1. The molecule has 1 aromatic rings. The molecule has 0 amide bonds. The molecule has 1 aliphatic rings. The van der Waals surface area contributed by atoms with Gasteiger partial charge in [-0.2, -0.15) is 0 Å². The van der Waals surface area contributed by atoms with Gasteiger partial charge in [0.05, 0.1) is 5.02 Å². The Morgan fingerprint density at radius 3 is 2.62 bits per heavy atom. The summed E-state index contributed by atoms with van der Waals surface area (Å²) < 4.78 is 5.80. The lowest BCUT2D eigenvalue weighted by Gasteiger charge is -2.39. The lowest BCUT2D eigenvalue weighted by molar-refractivity contribution is 0.0401. The molecule has 2 rings (SSSR count). The number of nitrogen functional groups attached to an aromatic ring is 1. The van der Waals surface area contributed by atoms with Crippen LogP contribution in [0, 0.1) is 0 Å². The van der Waals surface area contributed by atoms with Gasteiger partial charge in [0.25, 0.3) is 0 Å². The normalized spacial score (nSPS) is 24.2. The predicted octanol–water partition coefficient (Wildman–Crippen LogP) is 2.39. The summed E-state index contributed by atoms with van der Waals surface area (Å²) in [6.07, 6.45) is 2.41. The molecular weight excluding hydrogens is 224 g/mol. The van der Waals surface area contributed by atoms with Crippen LogP contribution in [0.1, 0.15) is 12.8 Å². The third-order valence-electron chi connectivity index (χ3n) is 3.05. The largest absolute Gasteiger partial charge is 0.489 e. The molecule has 88 valence electrons. The van der Waals surface area contributed by atoms with Crippen molar-refractivity contribution in [1.82, 2.24) is 4.90 Å². The first-order valence-corrected chi connectivity index (χ1v) is 5.82. The highest BCUT2D eigenvalue weighted by Gasteiger charge is 2.32. The zero-order valence-corrected chi connectivity index (χ0v) is 10.4. The summed E-state index contributed by atoms with van der Waals surface area (Å²) in [5.74, 6) is 0.734. The Kier molecular flexibility index (Phi) is 3.26. The summed E-state index contributed by atoms with van der Waals surface area (Å²) in [4.78, 5) is 2.23. The third-order valence-corrected chi connectivity index (χ3v) is 3.35. The smallest absolute Gasteiger partial charge is 0.138 e. The van der Waals surface area contributed by atoms with E-state index in [1.54, 1.807) is 6.07 Å². The van der Waals surface area contributed by atoms with E-state index in [0.717, 1.165) is 18.6 Å². The van der Waals surface area contributed by atoms with Crippen LogP contribution in [0.4, 0.5) is 5.69 Å². The number of rotatable bonds is 3. The van der Waals surface area contributed by atoms with Crippen LogP contribution >= 0.6 is 11.6 Å². The van der Waals surface area contributed by atoms with E-state index in [4.69, 9.17) is 22.1 Å². The molecule has 1 aromatic carbocycles. The quantitative estimate of drug-likeness (QED) is 0.825. The molecule has 4 heteroatoms. The molecule has 16 heavy (non-hydrogen) atoms. The van der Waals surface area contributed by atoms with Gasteiger partial charge in [-0.15, -0.1) is 0 Å². The van der Waals surface area contributed by atoms with Crippen molar-refractivity contribution in [3.05, 3.63) is 23.2 Å². The van der Waals surface area contributed by atoms with Crippen molar-refractivity contribution in [2.24, 2.45) is 0 Å². The van der Waals surface area contributed by atoms with Gasteiger partial charge in [-0.3, -0.25) is 0 Å². The van der Waals surface area contributed by atoms with Crippen LogP contribution in [0.15, 0.2) is 18.2 Å². The van der Waals surface area contributed by atoms with Gasteiger partial charge in [0.1, 0.15) is 11.9 Å². The standard InChI is InChI=1S/C12H17ClN2O/c1-15(2)9-6-10(7-9)16-12-4-3-8(14)5-11(12)13/h3-5,9-10H,6-7,14H2,1-2H3. The third kappa shape index (κ3) is 2.42. The van der Waals surface area contributed by atoms with Gasteiger partial charge in [0.15, 0.2) is 0 Å². The van der Waals surface area contributed by atoms with Crippen LogP contribution in [0.5, 0.6) is 5.75 Å². The summed E-state index contributed by atoms with van der Waals surface area (Å²) in [7, 11) is 4.19. The summed E-state index contributed by atoms with van der Waals surface area (Å²) in [5, 5.41) is 0.591. The van der Waals surface area contributed by atoms with Gasteiger partial charge in [-0.25, -0.2) is 0 Å². The summed E-state index contributed by atoms with van der Waals surface area (Å²) in [6, 6.07) is 6.00.